The van der Waals surface area contributed by atoms with Crippen molar-refractivity contribution in [2.24, 2.45) is 5.92 Å². The van der Waals surface area contributed by atoms with Gasteiger partial charge in [-0.25, -0.2) is 4.79 Å². The van der Waals surface area contributed by atoms with Gasteiger partial charge < -0.3 is 16.0 Å². The van der Waals surface area contributed by atoms with Crippen LogP contribution in [0.15, 0.2) is 0 Å². The SMILES string of the molecule is O=C(NCCN1CCNCC1)NCC1CCCCC1. The van der Waals surface area contributed by atoms with Crippen LogP contribution in [0, 0.1) is 5.92 Å². The smallest absolute Gasteiger partial charge is 0.314 e. The number of nitrogens with zero attached hydrogens (tertiary/aromatic N) is 1. The lowest BCUT2D eigenvalue weighted by atomic mass is 9.89. The first kappa shape index (κ1) is 14.6. The molecule has 2 aliphatic rings. The molecule has 0 atom stereocenters. The summed E-state index contributed by atoms with van der Waals surface area (Å²) < 4.78 is 0. The normalized spacial score (nSPS) is 22.1. The van der Waals surface area contributed by atoms with E-state index in [2.05, 4.69) is 20.9 Å². The van der Waals surface area contributed by atoms with Gasteiger partial charge in [-0.2, -0.15) is 0 Å². The number of urea groups is 1. The van der Waals surface area contributed by atoms with Crippen LogP contribution >= 0.6 is 0 Å². The van der Waals surface area contributed by atoms with Crippen LogP contribution < -0.4 is 16.0 Å². The quantitative estimate of drug-likeness (QED) is 0.690. The van der Waals surface area contributed by atoms with E-state index in [1.165, 1.54) is 32.1 Å². The van der Waals surface area contributed by atoms with Crippen LogP contribution in [-0.2, 0) is 0 Å². The minimum Gasteiger partial charge on any atom is -0.338 e. The van der Waals surface area contributed by atoms with E-state index in [4.69, 9.17) is 0 Å². The minimum atomic E-state index is 0.000655. The molecular formula is C14H28N4O. The molecule has 1 heterocycles. The summed E-state index contributed by atoms with van der Waals surface area (Å²) in [6, 6.07) is 0.000655. The second-order valence-corrected chi connectivity index (χ2v) is 5.73. The summed E-state index contributed by atoms with van der Waals surface area (Å²) in [5.74, 6) is 0.702. The van der Waals surface area contributed by atoms with Crippen molar-refractivity contribution >= 4 is 6.03 Å². The molecule has 0 bridgehead atoms. The molecule has 2 rings (SSSR count). The van der Waals surface area contributed by atoms with Crippen molar-refractivity contribution in [3.8, 4) is 0 Å². The molecule has 5 heteroatoms. The maximum absolute atomic E-state index is 11.7. The van der Waals surface area contributed by atoms with Crippen LogP contribution in [0.1, 0.15) is 32.1 Å². The molecule has 3 N–H and O–H groups in total. The lowest BCUT2D eigenvalue weighted by Crippen LogP contribution is -2.47. The molecule has 0 aromatic rings. The van der Waals surface area contributed by atoms with Crippen molar-refractivity contribution in [2.45, 2.75) is 32.1 Å². The second kappa shape index (κ2) is 8.38. The van der Waals surface area contributed by atoms with Crippen LogP contribution in [0.5, 0.6) is 0 Å². The van der Waals surface area contributed by atoms with E-state index < -0.39 is 0 Å². The zero-order valence-electron chi connectivity index (χ0n) is 11.9. The molecule has 110 valence electrons. The van der Waals surface area contributed by atoms with Gasteiger partial charge >= 0.3 is 6.03 Å². The topological polar surface area (TPSA) is 56.4 Å². The molecule has 1 saturated heterocycles. The zero-order chi connectivity index (χ0) is 13.3. The molecule has 0 aromatic carbocycles. The molecule has 2 fully saturated rings. The fourth-order valence-electron chi connectivity index (χ4n) is 2.95. The fraction of sp³-hybridized carbons (Fsp3) is 0.929. The van der Waals surface area contributed by atoms with Crippen LogP contribution in [0.2, 0.25) is 0 Å². The van der Waals surface area contributed by atoms with Crippen molar-refractivity contribution < 1.29 is 4.79 Å². The lowest BCUT2D eigenvalue weighted by Gasteiger charge is -2.27. The number of rotatable bonds is 5. The van der Waals surface area contributed by atoms with Crippen LogP contribution in [0.4, 0.5) is 4.79 Å². The highest BCUT2D eigenvalue weighted by atomic mass is 16.2. The Hall–Kier alpha value is -0.810. The number of hydrogen-bond donors (Lipinski definition) is 3. The van der Waals surface area contributed by atoms with E-state index >= 15 is 0 Å². The Balaban J connectivity index is 1.49. The monoisotopic (exact) mass is 268 g/mol. The molecule has 0 spiro atoms. The van der Waals surface area contributed by atoms with Crippen molar-refractivity contribution in [3.05, 3.63) is 0 Å². The summed E-state index contributed by atoms with van der Waals surface area (Å²) in [5, 5.41) is 9.30. The van der Waals surface area contributed by atoms with E-state index in [9.17, 15) is 4.79 Å². The van der Waals surface area contributed by atoms with Gasteiger partial charge in [0.15, 0.2) is 0 Å². The van der Waals surface area contributed by atoms with E-state index in [0.717, 1.165) is 45.8 Å². The summed E-state index contributed by atoms with van der Waals surface area (Å²) in [7, 11) is 0. The van der Waals surface area contributed by atoms with Gasteiger partial charge in [-0.3, -0.25) is 4.90 Å². The zero-order valence-corrected chi connectivity index (χ0v) is 11.9. The average molecular weight is 268 g/mol. The van der Waals surface area contributed by atoms with Crippen LogP contribution in [0.3, 0.4) is 0 Å². The van der Waals surface area contributed by atoms with Gasteiger partial charge in [0.1, 0.15) is 0 Å². The van der Waals surface area contributed by atoms with Crippen molar-refractivity contribution in [2.75, 3.05) is 45.8 Å². The maximum atomic E-state index is 11.7. The van der Waals surface area contributed by atoms with Gasteiger partial charge in [0.2, 0.25) is 0 Å². The first-order chi connectivity index (χ1) is 9.34. The first-order valence-corrected chi connectivity index (χ1v) is 7.79. The average Bonchev–Trinajstić information content (AvgIpc) is 2.47. The molecule has 2 amide bonds. The van der Waals surface area contributed by atoms with Crippen LogP contribution in [-0.4, -0.2) is 56.7 Å². The fourth-order valence-corrected chi connectivity index (χ4v) is 2.95. The predicted molar refractivity (Wildman–Crippen MR) is 77.3 cm³/mol. The Morgan fingerprint density at radius 3 is 2.58 bits per heavy atom. The highest BCUT2D eigenvalue weighted by molar-refractivity contribution is 5.73. The van der Waals surface area contributed by atoms with Gasteiger partial charge in [-0.15, -0.1) is 0 Å². The summed E-state index contributed by atoms with van der Waals surface area (Å²) in [4.78, 5) is 14.1. The predicted octanol–water partition coefficient (Wildman–Crippen LogP) is 0.771. The van der Waals surface area contributed by atoms with Gasteiger partial charge in [-0.05, 0) is 18.8 Å². The summed E-state index contributed by atoms with van der Waals surface area (Å²) in [5.41, 5.74) is 0. The Bertz CT molecular complexity index is 260. The van der Waals surface area contributed by atoms with Gasteiger partial charge in [-0.1, -0.05) is 19.3 Å². The highest BCUT2D eigenvalue weighted by Gasteiger charge is 2.14. The lowest BCUT2D eigenvalue weighted by molar-refractivity contribution is 0.224. The molecule has 0 radical (unpaired) electrons. The molecule has 0 unspecified atom stereocenters. The first-order valence-electron chi connectivity index (χ1n) is 7.79. The van der Waals surface area contributed by atoms with Crippen molar-refractivity contribution in [1.82, 2.24) is 20.9 Å². The largest absolute Gasteiger partial charge is 0.338 e. The standard InChI is InChI=1S/C14H28N4O/c19-14(17-12-13-4-2-1-3-5-13)16-8-11-18-9-6-15-7-10-18/h13,15H,1-12H2,(H2,16,17,19). The summed E-state index contributed by atoms with van der Waals surface area (Å²) in [6.45, 7) is 6.85. The molecule has 5 nitrogen and oxygen atoms in total. The minimum absolute atomic E-state index is 0.000655. The molecule has 1 aliphatic heterocycles. The number of hydrogen-bond acceptors (Lipinski definition) is 3. The number of amides is 2. The van der Waals surface area contributed by atoms with Gasteiger partial charge in [0.25, 0.3) is 0 Å². The molecule has 1 saturated carbocycles. The third-order valence-electron chi connectivity index (χ3n) is 4.20. The van der Waals surface area contributed by atoms with Gasteiger partial charge in [0.05, 0.1) is 0 Å². The van der Waals surface area contributed by atoms with E-state index in [1.54, 1.807) is 0 Å². The number of carbonyl (C=O) groups excluding carboxylic acids is 1. The molecule has 19 heavy (non-hydrogen) atoms. The third kappa shape index (κ3) is 5.78. The highest BCUT2D eigenvalue weighted by Crippen LogP contribution is 2.22. The Morgan fingerprint density at radius 2 is 1.84 bits per heavy atom. The number of piperazine rings is 1. The summed E-state index contributed by atoms with van der Waals surface area (Å²) in [6.07, 6.45) is 6.59. The molecule has 0 aromatic heterocycles. The second-order valence-electron chi connectivity index (χ2n) is 5.73. The Morgan fingerprint density at radius 1 is 1.11 bits per heavy atom. The van der Waals surface area contributed by atoms with E-state index in [0.29, 0.717) is 5.92 Å². The third-order valence-corrected chi connectivity index (χ3v) is 4.20. The van der Waals surface area contributed by atoms with E-state index in [1.807, 2.05) is 0 Å². The van der Waals surface area contributed by atoms with Crippen molar-refractivity contribution in [3.63, 3.8) is 0 Å². The Labute approximate surface area is 116 Å². The maximum Gasteiger partial charge on any atom is 0.314 e. The number of carbonyl (C=O) groups is 1. The Kier molecular flexibility index (Phi) is 6.44. The van der Waals surface area contributed by atoms with Gasteiger partial charge in [0, 0.05) is 45.8 Å². The van der Waals surface area contributed by atoms with Crippen molar-refractivity contribution in [1.29, 1.82) is 0 Å². The molecule has 1 aliphatic carbocycles. The molecular weight excluding hydrogens is 240 g/mol. The van der Waals surface area contributed by atoms with E-state index in [-0.39, 0.29) is 6.03 Å². The number of nitrogens with one attached hydrogen (secondary N) is 3. The van der Waals surface area contributed by atoms with Crippen LogP contribution in [0.25, 0.3) is 0 Å². The summed E-state index contributed by atoms with van der Waals surface area (Å²) >= 11 is 0.